The maximum atomic E-state index is 5.97. The minimum absolute atomic E-state index is 0.214. The van der Waals surface area contributed by atoms with E-state index >= 15 is 0 Å². The molecular weight excluding hydrogens is 310 g/mol. The fraction of sp³-hybridized carbons (Fsp3) is 0.0476. The fourth-order valence-corrected chi connectivity index (χ4v) is 2.68. The molecule has 0 saturated carbocycles. The summed E-state index contributed by atoms with van der Waals surface area (Å²) in [5.74, 6) is 1.06. The van der Waals surface area contributed by atoms with Crippen molar-refractivity contribution in [3.63, 3.8) is 0 Å². The third-order valence-corrected chi connectivity index (χ3v) is 3.93. The number of benzene rings is 3. The molecule has 1 N–H and O–H groups in total. The zero-order valence-corrected chi connectivity index (χ0v) is 13.5. The van der Waals surface area contributed by atoms with Gasteiger partial charge < -0.3 is 9.73 Å². The van der Waals surface area contributed by atoms with Gasteiger partial charge in [-0.15, -0.1) is 10.2 Å². The maximum Gasteiger partial charge on any atom is 0.247 e. The second kappa shape index (κ2) is 7.01. The Labute approximate surface area is 146 Å². The van der Waals surface area contributed by atoms with Crippen LogP contribution in [0.3, 0.4) is 0 Å². The summed E-state index contributed by atoms with van der Waals surface area (Å²) in [7, 11) is 0. The standard InChI is InChI=1S/C21H17N3O/c1-4-10-16(11-5-1)19(22-18-14-8-3-9-15-18)21-24-23-20(25-21)17-12-6-2-7-13-17/h1-15,19,22H/t19-/m0/s1. The number of nitrogens with zero attached hydrogens (tertiary/aromatic N) is 2. The molecule has 0 aliphatic rings. The lowest BCUT2D eigenvalue weighted by atomic mass is 10.1. The molecule has 0 aliphatic heterocycles. The Morgan fingerprint density at radius 2 is 1.28 bits per heavy atom. The summed E-state index contributed by atoms with van der Waals surface area (Å²) in [6.07, 6.45) is 0. The second-order valence-corrected chi connectivity index (χ2v) is 5.67. The number of hydrogen-bond acceptors (Lipinski definition) is 4. The SMILES string of the molecule is c1ccc(N[C@@H](c2ccccc2)c2nnc(-c3ccccc3)o2)cc1. The van der Waals surface area contributed by atoms with Gasteiger partial charge in [0.15, 0.2) is 0 Å². The number of aromatic nitrogens is 2. The second-order valence-electron chi connectivity index (χ2n) is 5.67. The molecule has 4 aromatic rings. The summed E-state index contributed by atoms with van der Waals surface area (Å²) in [5, 5.41) is 12.0. The molecule has 122 valence electrons. The minimum atomic E-state index is -0.214. The van der Waals surface area contributed by atoms with Crippen molar-refractivity contribution in [2.24, 2.45) is 0 Å². The number of hydrogen-bond donors (Lipinski definition) is 1. The maximum absolute atomic E-state index is 5.97. The molecule has 0 unspecified atom stereocenters. The highest BCUT2D eigenvalue weighted by Gasteiger charge is 2.21. The van der Waals surface area contributed by atoms with Gasteiger partial charge in [0.1, 0.15) is 6.04 Å². The lowest BCUT2D eigenvalue weighted by Crippen LogP contribution is -2.12. The van der Waals surface area contributed by atoms with E-state index in [0.717, 1.165) is 16.8 Å². The molecule has 0 radical (unpaired) electrons. The predicted molar refractivity (Wildman–Crippen MR) is 98.1 cm³/mol. The Hall–Kier alpha value is -3.40. The summed E-state index contributed by atoms with van der Waals surface area (Å²) in [6.45, 7) is 0. The van der Waals surface area contributed by atoms with Gasteiger partial charge in [0.05, 0.1) is 0 Å². The first-order valence-electron chi connectivity index (χ1n) is 8.15. The molecule has 0 spiro atoms. The van der Waals surface area contributed by atoms with Crippen molar-refractivity contribution in [2.75, 3.05) is 5.32 Å². The molecule has 0 bridgehead atoms. The van der Waals surface area contributed by atoms with Gasteiger partial charge in [-0.05, 0) is 29.8 Å². The van der Waals surface area contributed by atoms with Gasteiger partial charge in [0.2, 0.25) is 11.8 Å². The fourth-order valence-electron chi connectivity index (χ4n) is 2.68. The van der Waals surface area contributed by atoms with Gasteiger partial charge in [0.25, 0.3) is 0 Å². The monoisotopic (exact) mass is 327 g/mol. The highest BCUT2D eigenvalue weighted by atomic mass is 16.4. The zero-order chi connectivity index (χ0) is 16.9. The Bertz CT molecular complexity index is 921. The quantitative estimate of drug-likeness (QED) is 0.564. The van der Waals surface area contributed by atoms with E-state index in [0.29, 0.717) is 11.8 Å². The molecule has 0 fully saturated rings. The summed E-state index contributed by atoms with van der Waals surface area (Å²) >= 11 is 0. The van der Waals surface area contributed by atoms with Crippen LogP contribution < -0.4 is 5.32 Å². The third kappa shape index (κ3) is 3.43. The van der Waals surface area contributed by atoms with Crippen LogP contribution in [0.4, 0.5) is 5.69 Å². The molecule has 25 heavy (non-hydrogen) atoms. The average molecular weight is 327 g/mol. The number of anilines is 1. The normalized spacial score (nSPS) is 11.8. The summed E-state index contributed by atoms with van der Waals surface area (Å²) in [5.41, 5.74) is 2.97. The third-order valence-electron chi connectivity index (χ3n) is 3.93. The van der Waals surface area contributed by atoms with Crippen molar-refractivity contribution in [3.05, 3.63) is 102 Å². The van der Waals surface area contributed by atoms with E-state index in [4.69, 9.17) is 4.42 Å². The van der Waals surface area contributed by atoms with Crippen LogP contribution in [0, 0.1) is 0 Å². The first kappa shape index (κ1) is 15.1. The van der Waals surface area contributed by atoms with Gasteiger partial charge in [-0.3, -0.25) is 0 Å². The molecule has 4 rings (SSSR count). The Morgan fingerprint density at radius 3 is 1.96 bits per heavy atom. The van der Waals surface area contributed by atoms with Crippen LogP contribution in [0.15, 0.2) is 95.4 Å². The van der Waals surface area contributed by atoms with E-state index in [-0.39, 0.29) is 6.04 Å². The van der Waals surface area contributed by atoms with E-state index in [9.17, 15) is 0 Å². The van der Waals surface area contributed by atoms with Crippen LogP contribution >= 0.6 is 0 Å². The first-order chi connectivity index (χ1) is 12.4. The van der Waals surface area contributed by atoms with Crippen molar-refractivity contribution < 1.29 is 4.42 Å². The largest absolute Gasteiger partial charge is 0.418 e. The van der Waals surface area contributed by atoms with Gasteiger partial charge in [-0.25, -0.2) is 0 Å². The van der Waals surface area contributed by atoms with Crippen molar-refractivity contribution in [1.82, 2.24) is 10.2 Å². The van der Waals surface area contributed by atoms with Crippen LogP contribution in [0.5, 0.6) is 0 Å². The highest BCUT2D eigenvalue weighted by Crippen LogP contribution is 2.28. The van der Waals surface area contributed by atoms with E-state index in [1.165, 1.54) is 0 Å². The van der Waals surface area contributed by atoms with Crippen molar-refractivity contribution in [1.29, 1.82) is 0 Å². The highest BCUT2D eigenvalue weighted by molar-refractivity contribution is 5.52. The van der Waals surface area contributed by atoms with Gasteiger partial charge >= 0.3 is 0 Å². The molecule has 4 nitrogen and oxygen atoms in total. The lowest BCUT2D eigenvalue weighted by Gasteiger charge is -2.16. The van der Waals surface area contributed by atoms with E-state index in [1.807, 2.05) is 91.0 Å². The van der Waals surface area contributed by atoms with Gasteiger partial charge in [0, 0.05) is 11.3 Å². The molecule has 0 aliphatic carbocycles. The van der Waals surface area contributed by atoms with Crippen LogP contribution in [0.2, 0.25) is 0 Å². The number of para-hydroxylation sites is 1. The molecule has 3 aromatic carbocycles. The summed E-state index contributed by atoms with van der Waals surface area (Å²) in [6, 6.07) is 29.7. The summed E-state index contributed by atoms with van der Waals surface area (Å²) in [4.78, 5) is 0. The molecule has 1 aromatic heterocycles. The predicted octanol–water partition coefficient (Wildman–Crippen LogP) is 4.94. The average Bonchev–Trinajstić information content (AvgIpc) is 3.18. The minimum Gasteiger partial charge on any atom is -0.418 e. The molecule has 4 heteroatoms. The smallest absolute Gasteiger partial charge is 0.247 e. The first-order valence-corrected chi connectivity index (χ1v) is 8.15. The topological polar surface area (TPSA) is 51.0 Å². The van der Waals surface area contributed by atoms with Crippen LogP contribution in [0.25, 0.3) is 11.5 Å². The number of rotatable bonds is 5. The number of nitrogens with one attached hydrogen (secondary N) is 1. The van der Waals surface area contributed by atoms with Gasteiger partial charge in [-0.1, -0.05) is 66.7 Å². The Morgan fingerprint density at radius 1 is 0.680 bits per heavy atom. The Balaban J connectivity index is 1.70. The van der Waals surface area contributed by atoms with Crippen molar-refractivity contribution >= 4 is 5.69 Å². The molecule has 1 atom stereocenters. The van der Waals surface area contributed by atoms with Crippen LogP contribution in [-0.2, 0) is 0 Å². The lowest BCUT2D eigenvalue weighted by molar-refractivity contribution is 0.494. The Kier molecular flexibility index (Phi) is 4.25. The van der Waals surface area contributed by atoms with E-state index < -0.39 is 0 Å². The van der Waals surface area contributed by atoms with Crippen molar-refractivity contribution in [3.8, 4) is 11.5 Å². The molecular formula is C21H17N3O. The van der Waals surface area contributed by atoms with E-state index in [1.54, 1.807) is 0 Å². The molecule has 0 saturated heterocycles. The molecule has 1 heterocycles. The van der Waals surface area contributed by atoms with Crippen LogP contribution in [-0.4, -0.2) is 10.2 Å². The summed E-state index contributed by atoms with van der Waals surface area (Å²) < 4.78 is 5.97. The zero-order valence-electron chi connectivity index (χ0n) is 13.5. The molecule has 0 amide bonds. The van der Waals surface area contributed by atoms with Gasteiger partial charge in [-0.2, -0.15) is 0 Å². The van der Waals surface area contributed by atoms with Crippen LogP contribution in [0.1, 0.15) is 17.5 Å². The van der Waals surface area contributed by atoms with E-state index in [2.05, 4.69) is 15.5 Å². The van der Waals surface area contributed by atoms with Crippen molar-refractivity contribution in [2.45, 2.75) is 6.04 Å².